The summed E-state index contributed by atoms with van der Waals surface area (Å²) in [7, 11) is 1.57. The van der Waals surface area contributed by atoms with Gasteiger partial charge in [0.25, 0.3) is 0 Å². The zero-order valence-corrected chi connectivity index (χ0v) is 11.2. The Balaban J connectivity index is 2.88. The topological polar surface area (TPSA) is 47.6 Å². The normalized spacial score (nSPS) is 10.7. The van der Waals surface area contributed by atoms with Crippen molar-refractivity contribution in [2.24, 2.45) is 0 Å². The highest BCUT2D eigenvalue weighted by Crippen LogP contribution is 2.24. The van der Waals surface area contributed by atoms with Crippen LogP contribution in [0.25, 0.3) is 6.08 Å². The Labute approximate surface area is 108 Å². The summed E-state index contributed by atoms with van der Waals surface area (Å²) in [5.41, 5.74) is 0.886. The van der Waals surface area contributed by atoms with Gasteiger partial charge in [-0.1, -0.05) is 12.7 Å². The molecule has 18 heavy (non-hydrogen) atoms. The summed E-state index contributed by atoms with van der Waals surface area (Å²) in [6.07, 6.45) is 1.16. The fraction of sp³-hybridized carbons (Fsp3) is 0.357. The Morgan fingerprint density at radius 3 is 2.56 bits per heavy atom. The fourth-order valence-corrected chi connectivity index (χ4v) is 1.36. The van der Waals surface area contributed by atoms with Crippen LogP contribution in [0, 0.1) is 0 Å². The average molecular weight is 249 g/mol. The average Bonchev–Trinajstić information content (AvgIpc) is 2.26. The number of rotatable bonds is 3. The van der Waals surface area contributed by atoms with Crippen molar-refractivity contribution < 1.29 is 14.3 Å². The van der Waals surface area contributed by atoms with E-state index in [2.05, 4.69) is 11.9 Å². The molecule has 1 amide bonds. The summed E-state index contributed by atoms with van der Waals surface area (Å²) < 4.78 is 10.3. The molecule has 1 N–H and O–H groups in total. The maximum absolute atomic E-state index is 11.7. The van der Waals surface area contributed by atoms with Crippen LogP contribution in [0.4, 0.5) is 10.5 Å². The second kappa shape index (κ2) is 5.58. The van der Waals surface area contributed by atoms with Crippen LogP contribution in [0.3, 0.4) is 0 Å². The fourth-order valence-electron chi connectivity index (χ4n) is 1.36. The van der Waals surface area contributed by atoms with E-state index in [-0.39, 0.29) is 0 Å². The largest absolute Gasteiger partial charge is 0.497 e. The van der Waals surface area contributed by atoms with E-state index in [0.717, 1.165) is 5.56 Å². The third kappa shape index (κ3) is 4.13. The summed E-state index contributed by atoms with van der Waals surface area (Å²) in [6, 6.07) is 5.34. The predicted octanol–water partition coefficient (Wildman–Crippen LogP) is 3.69. The third-order valence-corrected chi connectivity index (χ3v) is 2.12. The van der Waals surface area contributed by atoms with Crippen molar-refractivity contribution in [3.63, 3.8) is 0 Å². The number of amides is 1. The van der Waals surface area contributed by atoms with Crippen molar-refractivity contribution in [1.82, 2.24) is 0 Å². The Morgan fingerprint density at radius 1 is 1.39 bits per heavy atom. The molecule has 0 fully saturated rings. The second-order valence-corrected chi connectivity index (χ2v) is 4.78. The van der Waals surface area contributed by atoms with Gasteiger partial charge in [0.15, 0.2) is 0 Å². The molecule has 1 rings (SSSR count). The van der Waals surface area contributed by atoms with Gasteiger partial charge in [0.2, 0.25) is 0 Å². The van der Waals surface area contributed by atoms with Gasteiger partial charge in [0.1, 0.15) is 11.4 Å². The second-order valence-electron chi connectivity index (χ2n) is 4.78. The summed E-state index contributed by atoms with van der Waals surface area (Å²) in [5, 5.41) is 2.68. The molecule has 0 bridgehead atoms. The highest BCUT2D eigenvalue weighted by Gasteiger charge is 2.17. The highest BCUT2D eigenvalue weighted by molar-refractivity contribution is 5.88. The molecule has 4 heteroatoms. The zero-order chi connectivity index (χ0) is 13.8. The minimum atomic E-state index is -0.530. The van der Waals surface area contributed by atoms with Crippen molar-refractivity contribution in [3.8, 4) is 5.75 Å². The quantitative estimate of drug-likeness (QED) is 0.888. The SMILES string of the molecule is C=Cc1ccc(OC)cc1NC(=O)OC(C)(C)C. The number of carbonyl (C=O) groups is 1. The van der Waals surface area contributed by atoms with Crippen LogP contribution in [0.1, 0.15) is 26.3 Å². The number of ether oxygens (including phenoxy) is 2. The van der Waals surface area contributed by atoms with Gasteiger partial charge in [0, 0.05) is 6.07 Å². The van der Waals surface area contributed by atoms with E-state index in [1.54, 1.807) is 25.3 Å². The molecular formula is C14H19NO3. The van der Waals surface area contributed by atoms with E-state index >= 15 is 0 Å². The van der Waals surface area contributed by atoms with E-state index in [4.69, 9.17) is 9.47 Å². The highest BCUT2D eigenvalue weighted by atomic mass is 16.6. The smallest absolute Gasteiger partial charge is 0.412 e. The van der Waals surface area contributed by atoms with Gasteiger partial charge < -0.3 is 9.47 Å². The first-order chi connectivity index (χ1) is 8.35. The molecule has 98 valence electrons. The van der Waals surface area contributed by atoms with Gasteiger partial charge in [-0.25, -0.2) is 4.79 Å². The lowest BCUT2D eigenvalue weighted by atomic mass is 10.1. The molecule has 0 unspecified atom stereocenters. The lowest BCUT2D eigenvalue weighted by Gasteiger charge is -2.20. The summed E-state index contributed by atoms with van der Waals surface area (Å²) in [4.78, 5) is 11.7. The van der Waals surface area contributed by atoms with E-state index < -0.39 is 11.7 Å². The van der Waals surface area contributed by atoms with Crippen molar-refractivity contribution >= 4 is 17.9 Å². The van der Waals surface area contributed by atoms with Crippen LogP contribution in [0.15, 0.2) is 24.8 Å². The van der Waals surface area contributed by atoms with E-state index in [1.165, 1.54) is 0 Å². The standard InChI is InChI=1S/C14H19NO3/c1-6-10-7-8-11(17-5)9-12(10)15-13(16)18-14(2,3)4/h6-9H,1H2,2-5H3,(H,15,16). The van der Waals surface area contributed by atoms with Crippen LogP contribution < -0.4 is 10.1 Å². The lowest BCUT2D eigenvalue weighted by molar-refractivity contribution is 0.0636. The summed E-state index contributed by atoms with van der Waals surface area (Å²) >= 11 is 0. The molecule has 1 aromatic carbocycles. The molecule has 0 aliphatic carbocycles. The van der Waals surface area contributed by atoms with Crippen molar-refractivity contribution in [2.45, 2.75) is 26.4 Å². The molecule has 1 aromatic rings. The molecule has 0 aromatic heterocycles. The monoisotopic (exact) mass is 249 g/mol. The van der Waals surface area contributed by atoms with Crippen LogP contribution in [0.2, 0.25) is 0 Å². The van der Waals surface area contributed by atoms with E-state index in [0.29, 0.717) is 11.4 Å². The molecule has 0 radical (unpaired) electrons. The van der Waals surface area contributed by atoms with E-state index in [9.17, 15) is 4.79 Å². The summed E-state index contributed by atoms with van der Waals surface area (Å²) in [6.45, 7) is 9.13. The number of benzene rings is 1. The van der Waals surface area contributed by atoms with Crippen molar-refractivity contribution in [3.05, 3.63) is 30.3 Å². The molecule has 0 saturated heterocycles. The number of carbonyl (C=O) groups excluding carboxylic acids is 1. The van der Waals surface area contributed by atoms with Gasteiger partial charge in [0.05, 0.1) is 12.8 Å². The molecule has 0 aliphatic rings. The van der Waals surface area contributed by atoms with Gasteiger partial charge in [-0.3, -0.25) is 5.32 Å². The van der Waals surface area contributed by atoms with Gasteiger partial charge in [-0.15, -0.1) is 0 Å². The maximum Gasteiger partial charge on any atom is 0.412 e. The number of anilines is 1. The zero-order valence-electron chi connectivity index (χ0n) is 11.2. The number of hydrogen-bond donors (Lipinski definition) is 1. The molecule has 0 aliphatic heterocycles. The predicted molar refractivity (Wildman–Crippen MR) is 72.9 cm³/mol. The first-order valence-corrected chi connectivity index (χ1v) is 5.66. The lowest BCUT2D eigenvalue weighted by Crippen LogP contribution is -2.27. The maximum atomic E-state index is 11.7. The first-order valence-electron chi connectivity index (χ1n) is 5.66. The van der Waals surface area contributed by atoms with Crippen LogP contribution in [-0.2, 0) is 4.74 Å². The summed E-state index contributed by atoms with van der Waals surface area (Å²) in [5.74, 6) is 0.659. The van der Waals surface area contributed by atoms with Crippen LogP contribution >= 0.6 is 0 Å². The molecule has 0 saturated carbocycles. The molecule has 4 nitrogen and oxygen atoms in total. The van der Waals surface area contributed by atoms with Crippen molar-refractivity contribution in [1.29, 1.82) is 0 Å². The molecule has 0 heterocycles. The molecule has 0 spiro atoms. The Hall–Kier alpha value is -1.97. The first kappa shape index (κ1) is 14.1. The Morgan fingerprint density at radius 2 is 2.06 bits per heavy atom. The minimum Gasteiger partial charge on any atom is -0.497 e. The number of hydrogen-bond acceptors (Lipinski definition) is 3. The van der Waals surface area contributed by atoms with Crippen LogP contribution in [-0.4, -0.2) is 18.8 Å². The number of nitrogens with one attached hydrogen (secondary N) is 1. The van der Waals surface area contributed by atoms with Gasteiger partial charge >= 0.3 is 6.09 Å². The third-order valence-electron chi connectivity index (χ3n) is 2.12. The van der Waals surface area contributed by atoms with Crippen LogP contribution in [0.5, 0.6) is 5.75 Å². The molecule has 0 atom stereocenters. The Kier molecular flexibility index (Phi) is 4.37. The minimum absolute atomic E-state index is 0.501. The number of methoxy groups -OCH3 is 1. The van der Waals surface area contributed by atoms with Gasteiger partial charge in [-0.05, 0) is 38.5 Å². The van der Waals surface area contributed by atoms with Gasteiger partial charge in [-0.2, -0.15) is 0 Å². The van der Waals surface area contributed by atoms with Crippen molar-refractivity contribution in [2.75, 3.05) is 12.4 Å². The Bertz CT molecular complexity index is 447. The van der Waals surface area contributed by atoms with E-state index in [1.807, 2.05) is 26.8 Å². The molecular weight excluding hydrogens is 230 g/mol.